The largest absolute Gasteiger partial charge is 0.438 e. The summed E-state index contributed by atoms with van der Waals surface area (Å²) < 4.78 is 6.06. The Morgan fingerprint density at radius 3 is 2.64 bits per heavy atom. The second-order valence-corrected chi connectivity index (χ2v) is 7.75. The van der Waals surface area contributed by atoms with Gasteiger partial charge in [-0.3, -0.25) is 4.79 Å². The lowest BCUT2D eigenvalue weighted by Crippen LogP contribution is -2.11. The Kier molecular flexibility index (Phi) is 4.25. The molecule has 0 spiro atoms. The summed E-state index contributed by atoms with van der Waals surface area (Å²) in [6.07, 6.45) is 4.91. The number of nitrogens with zero attached hydrogens (tertiary/aromatic N) is 2. The number of amides is 1. The molecule has 5 rings (SSSR count). The van der Waals surface area contributed by atoms with Crippen LogP contribution in [0.25, 0.3) is 10.2 Å². The molecule has 0 atom stereocenters. The van der Waals surface area contributed by atoms with E-state index < -0.39 is 0 Å². The van der Waals surface area contributed by atoms with Crippen molar-refractivity contribution in [2.24, 2.45) is 0 Å². The van der Waals surface area contributed by atoms with Crippen molar-refractivity contribution >= 4 is 33.1 Å². The van der Waals surface area contributed by atoms with Gasteiger partial charge >= 0.3 is 0 Å². The van der Waals surface area contributed by atoms with Crippen molar-refractivity contribution in [1.29, 1.82) is 0 Å². The van der Waals surface area contributed by atoms with Crippen LogP contribution in [-0.4, -0.2) is 15.9 Å². The number of nitrogens with one attached hydrogen (secondary N) is 1. The van der Waals surface area contributed by atoms with Crippen LogP contribution in [0.1, 0.15) is 27.2 Å². The van der Waals surface area contributed by atoms with Crippen LogP contribution in [0, 0.1) is 0 Å². The van der Waals surface area contributed by atoms with Crippen LogP contribution < -0.4 is 10.1 Å². The first kappa shape index (κ1) is 16.9. The topological polar surface area (TPSA) is 64.1 Å². The van der Waals surface area contributed by atoms with Crippen molar-refractivity contribution in [1.82, 2.24) is 9.97 Å². The quantitative estimate of drug-likeness (QED) is 0.521. The summed E-state index contributed by atoms with van der Waals surface area (Å²) in [5, 5.41) is 3.93. The maximum atomic E-state index is 12.3. The molecule has 1 N–H and O–H groups in total. The fourth-order valence-electron chi connectivity index (χ4n) is 3.49. The van der Waals surface area contributed by atoms with Crippen LogP contribution in [0.5, 0.6) is 11.6 Å². The second kappa shape index (κ2) is 7.05. The first-order valence-electron chi connectivity index (χ1n) is 9.17. The van der Waals surface area contributed by atoms with E-state index in [0.29, 0.717) is 22.9 Å². The normalized spacial score (nSPS) is 12.7. The van der Waals surface area contributed by atoms with Crippen molar-refractivity contribution in [2.75, 3.05) is 5.32 Å². The summed E-state index contributed by atoms with van der Waals surface area (Å²) in [7, 11) is 0. The van der Waals surface area contributed by atoms with E-state index in [4.69, 9.17) is 4.74 Å². The van der Waals surface area contributed by atoms with Gasteiger partial charge in [-0.1, -0.05) is 18.2 Å². The molecule has 138 valence electrons. The zero-order valence-electron chi connectivity index (χ0n) is 15.0. The summed E-state index contributed by atoms with van der Waals surface area (Å²) in [5.74, 6) is 1.14. The van der Waals surface area contributed by atoms with E-state index in [1.807, 2.05) is 42.5 Å². The first-order chi connectivity index (χ1) is 13.8. The molecule has 2 aromatic carbocycles. The lowest BCUT2D eigenvalue weighted by Gasteiger charge is -2.09. The summed E-state index contributed by atoms with van der Waals surface area (Å²) in [6, 6.07) is 16.5. The van der Waals surface area contributed by atoms with E-state index in [2.05, 4.69) is 15.3 Å². The molecular weight excluding hydrogens is 370 g/mol. The van der Waals surface area contributed by atoms with Crippen LogP contribution in [0.4, 0.5) is 5.69 Å². The van der Waals surface area contributed by atoms with Crippen LogP contribution in [0.15, 0.2) is 60.9 Å². The van der Waals surface area contributed by atoms with Gasteiger partial charge in [0.1, 0.15) is 16.9 Å². The number of hydrogen-bond donors (Lipinski definition) is 1. The fraction of sp³-hybridized carbons (Fsp3) is 0.136. The Hall–Kier alpha value is -3.25. The number of fused-ring (bicyclic) bond motifs is 3. The maximum absolute atomic E-state index is 12.3. The molecule has 6 heteroatoms. The molecule has 0 saturated carbocycles. The summed E-state index contributed by atoms with van der Waals surface area (Å²) in [4.78, 5) is 23.4. The van der Waals surface area contributed by atoms with Gasteiger partial charge in [-0.05, 0) is 61.2 Å². The Bertz CT molecular complexity index is 1150. The minimum Gasteiger partial charge on any atom is -0.438 e. The zero-order chi connectivity index (χ0) is 18.9. The van der Waals surface area contributed by atoms with E-state index in [0.717, 1.165) is 23.1 Å². The Morgan fingerprint density at radius 1 is 1.00 bits per heavy atom. The van der Waals surface area contributed by atoms with Crippen LogP contribution in [0.2, 0.25) is 0 Å². The number of thiophene rings is 1. The molecule has 2 heterocycles. The molecule has 1 aliphatic rings. The summed E-state index contributed by atoms with van der Waals surface area (Å²) in [6.45, 7) is 0. The fourth-order valence-corrected chi connectivity index (χ4v) is 4.71. The van der Waals surface area contributed by atoms with Crippen molar-refractivity contribution in [3.63, 3.8) is 0 Å². The monoisotopic (exact) mass is 387 g/mol. The highest BCUT2D eigenvalue weighted by Gasteiger charge is 2.22. The molecular formula is C22H17N3O2S. The number of carbonyl (C=O) groups is 1. The van der Waals surface area contributed by atoms with Gasteiger partial charge in [-0.15, -0.1) is 11.3 Å². The van der Waals surface area contributed by atoms with Gasteiger partial charge in [0, 0.05) is 16.1 Å². The number of aromatic nitrogens is 2. The maximum Gasteiger partial charge on any atom is 0.255 e. The zero-order valence-corrected chi connectivity index (χ0v) is 15.8. The lowest BCUT2D eigenvalue weighted by molar-refractivity contribution is 0.102. The number of benzene rings is 2. The van der Waals surface area contributed by atoms with Gasteiger partial charge in [0.15, 0.2) is 0 Å². The van der Waals surface area contributed by atoms with E-state index in [-0.39, 0.29) is 5.91 Å². The molecule has 2 aromatic heterocycles. The number of ether oxygens (including phenoxy) is 1. The highest BCUT2D eigenvalue weighted by atomic mass is 32.1. The number of rotatable bonds is 4. The van der Waals surface area contributed by atoms with Gasteiger partial charge in [0.2, 0.25) is 5.88 Å². The van der Waals surface area contributed by atoms with Crippen molar-refractivity contribution < 1.29 is 9.53 Å². The third kappa shape index (κ3) is 3.12. The van der Waals surface area contributed by atoms with Gasteiger partial charge in [0.05, 0.1) is 5.39 Å². The van der Waals surface area contributed by atoms with Gasteiger partial charge in [-0.2, -0.15) is 0 Å². The molecule has 1 amide bonds. The third-order valence-electron chi connectivity index (χ3n) is 4.83. The van der Waals surface area contributed by atoms with E-state index in [9.17, 15) is 4.79 Å². The third-order valence-corrected chi connectivity index (χ3v) is 6.03. The number of anilines is 1. The van der Waals surface area contributed by atoms with E-state index >= 15 is 0 Å². The molecule has 5 nitrogen and oxygen atoms in total. The van der Waals surface area contributed by atoms with Crippen LogP contribution in [-0.2, 0) is 12.8 Å². The molecule has 0 bridgehead atoms. The number of hydrogen-bond acceptors (Lipinski definition) is 5. The van der Waals surface area contributed by atoms with Gasteiger partial charge < -0.3 is 10.1 Å². The van der Waals surface area contributed by atoms with Gasteiger partial charge in [0.25, 0.3) is 5.91 Å². The smallest absolute Gasteiger partial charge is 0.255 e. The predicted octanol–water partition coefficient (Wildman–Crippen LogP) is 5.22. The first-order valence-corrected chi connectivity index (χ1v) is 9.99. The highest BCUT2D eigenvalue weighted by molar-refractivity contribution is 7.18. The Labute approximate surface area is 166 Å². The minimum absolute atomic E-state index is 0.138. The van der Waals surface area contributed by atoms with Gasteiger partial charge in [-0.25, -0.2) is 9.97 Å². The van der Waals surface area contributed by atoms with Crippen molar-refractivity contribution in [3.8, 4) is 11.6 Å². The summed E-state index contributed by atoms with van der Waals surface area (Å²) in [5.41, 5.74) is 2.67. The number of aryl methyl sites for hydroxylation is 2. The van der Waals surface area contributed by atoms with E-state index in [1.165, 1.54) is 16.9 Å². The van der Waals surface area contributed by atoms with Crippen molar-refractivity contribution in [2.45, 2.75) is 19.3 Å². The molecule has 0 fully saturated rings. The molecule has 0 aliphatic heterocycles. The average molecular weight is 387 g/mol. The molecule has 28 heavy (non-hydrogen) atoms. The molecule has 4 aromatic rings. The highest BCUT2D eigenvalue weighted by Crippen LogP contribution is 2.40. The summed E-state index contributed by atoms with van der Waals surface area (Å²) >= 11 is 1.74. The standard InChI is InChI=1S/C22H17N3O2S/c26-20(14-5-2-1-3-6-14)25-15-9-11-16(12-10-15)27-21-19-17-7-4-8-18(17)28-22(19)24-13-23-21/h1-3,5-6,9-13H,4,7-8H2,(H,25,26). The molecule has 0 saturated heterocycles. The van der Waals surface area contributed by atoms with Crippen LogP contribution in [0.3, 0.4) is 0 Å². The SMILES string of the molecule is O=C(Nc1ccc(Oc2ncnc3sc4c(c23)CCC4)cc1)c1ccccc1. The van der Waals surface area contributed by atoms with Crippen molar-refractivity contribution in [3.05, 3.63) is 76.9 Å². The van der Waals surface area contributed by atoms with Crippen LogP contribution >= 0.6 is 11.3 Å². The molecule has 0 unspecified atom stereocenters. The number of carbonyl (C=O) groups excluding carboxylic acids is 1. The average Bonchev–Trinajstić information content (AvgIpc) is 3.31. The predicted molar refractivity (Wildman–Crippen MR) is 110 cm³/mol. The molecule has 0 radical (unpaired) electrons. The second-order valence-electron chi connectivity index (χ2n) is 6.66. The van der Waals surface area contributed by atoms with E-state index in [1.54, 1.807) is 29.8 Å². The molecule has 1 aliphatic carbocycles. The Morgan fingerprint density at radius 2 is 1.82 bits per heavy atom. The Balaban J connectivity index is 1.36. The minimum atomic E-state index is -0.138. The lowest BCUT2D eigenvalue weighted by atomic mass is 10.2.